The van der Waals surface area contributed by atoms with E-state index in [9.17, 15) is 14.7 Å². The maximum Gasteiger partial charge on any atom is 0.335 e. The molecule has 0 spiro atoms. The first-order valence-electron chi connectivity index (χ1n) is 9.37. The number of nitrogens with one attached hydrogen (secondary N) is 2. The summed E-state index contributed by atoms with van der Waals surface area (Å²) in [6.45, 7) is 2.50. The Kier molecular flexibility index (Phi) is 5.33. The lowest BCUT2D eigenvalue weighted by atomic mass is 10.00. The fourth-order valence-corrected chi connectivity index (χ4v) is 3.49. The SMILES string of the molecule is CCOc1ccc([C@H]2CC(c3c(O)n(-c4ccc(Cl)cc4)c(=O)[nH]c3=O)=NN2)cc1. The monoisotopic (exact) mass is 426 g/mol. The summed E-state index contributed by atoms with van der Waals surface area (Å²) >= 11 is 5.90. The first-order valence-corrected chi connectivity index (χ1v) is 9.75. The number of hydrogen-bond acceptors (Lipinski definition) is 6. The molecule has 0 unspecified atom stereocenters. The van der Waals surface area contributed by atoms with Gasteiger partial charge in [0, 0.05) is 11.4 Å². The molecule has 0 radical (unpaired) electrons. The van der Waals surface area contributed by atoms with Crippen LogP contribution in [0.15, 0.2) is 63.2 Å². The van der Waals surface area contributed by atoms with Gasteiger partial charge in [0.15, 0.2) is 0 Å². The van der Waals surface area contributed by atoms with Gasteiger partial charge in [-0.1, -0.05) is 23.7 Å². The van der Waals surface area contributed by atoms with Crippen molar-refractivity contribution < 1.29 is 9.84 Å². The van der Waals surface area contributed by atoms with Crippen molar-refractivity contribution in [2.75, 3.05) is 6.61 Å². The van der Waals surface area contributed by atoms with Crippen LogP contribution in [0.2, 0.25) is 5.02 Å². The molecule has 154 valence electrons. The van der Waals surface area contributed by atoms with Crippen molar-refractivity contribution in [3.05, 3.63) is 85.5 Å². The van der Waals surface area contributed by atoms with E-state index in [-0.39, 0.29) is 11.6 Å². The van der Waals surface area contributed by atoms with E-state index >= 15 is 0 Å². The molecule has 0 bridgehead atoms. The molecule has 30 heavy (non-hydrogen) atoms. The van der Waals surface area contributed by atoms with Gasteiger partial charge in [0.2, 0.25) is 5.88 Å². The second-order valence-corrected chi connectivity index (χ2v) is 7.15. The number of halogens is 1. The van der Waals surface area contributed by atoms with Crippen LogP contribution in [0.5, 0.6) is 11.6 Å². The lowest BCUT2D eigenvalue weighted by Crippen LogP contribution is -2.33. The summed E-state index contributed by atoms with van der Waals surface area (Å²) in [5, 5.41) is 15.5. The zero-order chi connectivity index (χ0) is 21.3. The highest BCUT2D eigenvalue weighted by Gasteiger charge is 2.27. The van der Waals surface area contributed by atoms with Crippen LogP contribution >= 0.6 is 11.6 Å². The Bertz CT molecular complexity index is 1210. The Balaban J connectivity index is 1.66. The summed E-state index contributed by atoms with van der Waals surface area (Å²) in [7, 11) is 0. The molecule has 8 nitrogen and oxygen atoms in total. The maximum atomic E-state index is 12.5. The third-order valence-corrected chi connectivity index (χ3v) is 5.06. The van der Waals surface area contributed by atoms with E-state index in [0.717, 1.165) is 15.9 Å². The van der Waals surface area contributed by atoms with E-state index in [4.69, 9.17) is 16.3 Å². The van der Waals surface area contributed by atoms with E-state index in [1.807, 2.05) is 31.2 Å². The number of rotatable bonds is 5. The normalized spacial score (nSPS) is 15.5. The number of benzene rings is 2. The Hall–Kier alpha value is -3.52. The molecule has 0 amide bonds. The van der Waals surface area contributed by atoms with Crippen LogP contribution in [0.1, 0.15) is 30.5 Å². The molecular formula is C21H19ClN4O4. The molecule has 3 aromatic rings. The number of aromatic hydroxyl groups is 1. The third-order valence-electron chi connectivity index (χ3n) is 4.81. The largest absolute Gasteiger partial charge is 0.494 e. The Morgan fingerprint density at radius 3 is 2.53 bits per heavy atom. The van der Waals surface area contributed by atoms with Crippen LogP contribution in [0.4, 0.5) is 0 Å². The molecule has 1 aliphatic heterocycles. The van der Waals surface area contributed by atoms with Crippen LogP contribution in [-0.4, -0.2) is 27.0 Å². The number of hydrogen-bond donors (Lipinski definition) is 3. The maximum absolute atomic E-state index is 12.5. The van der Waals surface area contributed by atoms with Crippen molar-refractivity contribution >= 4 is 17.3 Å². The molecule has 0 saturated carbocycles. The Morgan fingerprint density at radius 2 is 1.87 bits per heavy atom. The first kappa shape index (κ1) is 19.8. The van der Waals surface area contributed by atoms with Gasteiger partial charge in [0.1, 0.15) is 11.3 Å². The molecule has 4 rings (SSSR count). The third kappa shape index (κ3) is 3.69. The van der Waals surface area contributed by atoms with E-state index in [2.05, 4.69) is 15.5 Å². The van der Waals surface area contributed by atoms with Gasteiger partial charge in [-0.05, 0) is 48.9 Å². The summed E-state index contributed by atoms with van der Waals surface area (Å²) in [5.74, 6) is 0.295. The Morgan fingerprint density at radius 1 is 1.17 bits per heavy atom. The van der Waals surface area contributed by atoms with Gasteiger partial charge in [-0.3, -0.25) is 9.78 Å². The lowest BCUT2D eigenvalue weighted by molar-refractivity contribution is 0.340. The number of aromatic amines is 1. The van der Waals surface area contributed by atoms with Crippen LogP contribution < -0.4 is 21.4 Å². The second kappa shape index (κ2) is 8.08. The molecule has 9 heteroatoms. The Labute approximate surface area is 176 Å². The molecule has 0 aliphatic carbocycles. The molecule has 1 aromatic heterocycles. The molecular weight excluding hydrogens is 408 g/mol. The van der Waals surface area contributed by atoms with Crippen LogP contribution in [0.25, 0.3) is 5.69 Å². The first-order chi connectivity index (χ1) is 14.5. The highest BCUT2D eigenvalue weighted by Crippen LogP contribution is 2.28. The van der Waals surface area contributed by atoms with E-state index in [0.29, 0.717) is 29.4 Å². The zero-order valence-corrected chi connectivity index (χ0v) is 16.8. The quantitative estimate of drug-likeness (QED) is 0.581. The van der Waals surface area contributed by atoms with Gasteiger partial charge in [-0.15, -0.1) is 0 Å². The topological polar surface area (TPSA) is 109 Å². The van der Waals surface area contributed by atoms with Gasteiger partial charge in [-0.25, -0.2) is 9.36 Å². The van der Waals surface area contributed by atoms with Crippen molar-refractivity contribution in [3.8, 4) is 17.3 Å². The highest BCUT2D eigenvalue weighted by molar-refractivity contribution is 6.30. The average Bonchev–Trinajstić information content (AvgIpc) is 3.19. The summed E-state index contributed by atoms with van der Waals surface area (Å²) in [4.78, 5) is 27.0. The van der Waals surface area contributed by atoms with Crippen molar-refractivity contribution in [2.45, 2.75) is 19.4 Å². The fraction of sp³-hybridized carbons (Fsp3) is 0.190. The summed E-state index contributed by atoms with van der Waals surface area (Å²) in [6.07, 6.45) is 0.365. The fourth-order valence-electron chi connectivity index (χ4n) is 3.37. The number of H-pyrrole nitrogens is 1. The molecule has 2 aromatic carbocycles. The molecule has 2 heterocycles. The molecule has 0 saturated heterocycles. The zero-order valence-electron chi connectivity index (χ0n) is 16.1. The molecule has 1 atom stereocenters. The van der Waals surface area contributed by atoms with E-state index in [1.165, 1.54) is 0 Å². The molecule has 1 aliphatic rings. The predicted molar refractivity (Wildman–Crippen MR) is 114 cm³/mol. The number of hydrazone groups is 1. The highest BCUT2D eigenvalue weighted by atomic mass is 35.5. The minimum Gasteiger partial charge on any atom is -0.494 e. The second-order valence-electron chi connectivity index (χ2n) is 6.72. The minimum absolute atomic E-state index is 0.0505. The summed E-state index contributed by atoms with van der Waals surface area (Å²) in [5.41, 5.74) is 3.17. The van der Waals surface area contributed by atoms with E-state index in [1.54, 1.807) is 24.3 Å². The predicted octanol–water partition coefficient (Wildman–Crippen LogP) is 2.72. The van der Waals surface area contributed by atoms with Crippen molar-refractivity contribution in [3.63, 3.8) is 0 Å². The number of nitrogens with zero attached hydrogens (tertiary/aromatic N) is 2. The van der Waals surface area contributed by atoms with Gasteiger partial charge in [0.05, 0.1) is 24.0 Å². The molecule has 3 N–H and O–H groups in total. The number of aromatic nitrogens is 2. The minimum atomic E-state index is -0.752. The van der Waals surface area contributed by atoms with Gasteiger partial charge in [-0.2, -0.15) is 5.10 Å². The smallest absolute Gasteiger partial charge is 0.335 e. The lowest BCUT2D eigenvalue weighted by Gasteiger charge is -2.12. The van der Waals surface area contributed by atoms with Crippen molar-refractivity contribution in [1.82, 2.24) is 15.0 Å². The van der Waals surface area contributed by atoms with Gasteiger partial charge in [0.25, 0.3) is 5.56 Å². The molecule has 0 fully saturated rings. The summed E-state index contributed by atoms with van der Waals surface area (Å²) < 4.78 is 6.46. The van der Waals surface area contributed by atoms with Crippen LogP contribution in [0, 0.1) is 0 Å². The van der Waals surface area contributed by atoms with E-state index < -0.39 is 17.1 Å². The van der Waals surface area contributed by atoms with Crippen LogP contribution in [-0.2, 0) is 0 Å². The van der Waals surface area contributed by atoms with Crippen LogP contribution in [0.3, 0.4) is 0 Å². The van der Waals surface area contributed by atoms with Gasteiger partial charge >= 0.3 is 5.69 Å². The average molecular weight is 427 g/mol. The van der Waals surface area contributed by atoms with Gasteiger partial charge < -0.3 is 15.3 Å². The summed E-state index contributed by atoms with van der Waals surface area (Å²) in [6, 6.07) is 13.7. The van der Waals surface area contributed by atoms with Crippen molar-refractivity contribution in [1.29, 1.82) is 0 Å². The number of ether oxygens (including phenoxy) is 1. The standard InChI is InChI=1S/C21H19ClN4O4/c1-2-30-15-9-3-12(4-10-15)16-11-17(25-24-16)18-19(27)23-21(29)26(20(18)28)14-7-5-13(22)6-8-14/h3-10,16,24,28H,2,11H2,1H3,(H,23,27,29)/t16-/m1/s1. The van der Waals surface area contributed by atoms with Crippen molar-refractivity contribution in [2.24, 2.45) is 5.10 Å².